The molecule has 2 N–H and O–H groups in total. The summed E-state index contributed by atoms with van der Waals surface area (Å²) in [5.74, 6) is 0.892. The molecule has 2 atom stereocenters. The molecule has 1 aromatic rings. The number of carbonyl (C=O) groups is 1. The van der Waals surface area contributed by atoms with Crippen molar-refractivity contribution in [2.45, 2.75) is 66.2 Å². The Morgan fingerprint density at radius 3 is 2.52 bits per heavy atom. The first kappa shape index (κ1) is 25.3. The van der Waals surface area contributed by atoms with E-state index in [2.05, 4.69) is 36.1 Å². The van der Waals surface area contributed by atoms with Crippen LogP contribution in [0.1, 0.15) is 71.8 Å². The fraction of sp³-hybridized carbons (Fsp3) is 0.560. The number of carbonyl (C=O) groups excluding carboxylic acids is 1. The zero-order valence-corrected chi connectivity index (χ0v) is 20.8. The number of nitrogens with one attached hydrogen (secondary N) is 2. The molecule has 1 amide bonds. The van der Waals surface area contributed by atoms with Gasteiger partial charge in [0.2, 0.25) is 0 Å². The van der Waals surface area contributed by atoms with Crippen LogP contribution in [0.2, 0.25) is 0 Å². The van der Waals surface area contributed by atoms with Crippen LogP contribution in [0, 0.1) is 5.92 Å². The summed E-state index contributed by atoms with van der Waals surface area (Å²) in [6.07, 6.45) is 8.91. The van der Waals surface area contributed by atoms with Gasteiger partial charge in [-0.05, 0) is 70.1 Å². The summed E-state index contributed by atoms with van der Waals surface area (Å²) in [5, 5.41) is 1.79. The molecule has 5 nitrogen and oxygen atoms in total. The molecule has 1 aromatic carbocycles. The fourth-order valence-corrected chi connectivity index (χ4v) is 4.40. The molecule has 31 heavy (non-hydrogen) atoms. The smallest absolute Gasteiger partial charge is 0.263 e. The average molecular weight is 446 g/mol. The molecule has 172 valence electrons. The molecular formula is C25H39N3O2S. The summed E-state index contributed by atoms with van der Waals surface area (Å²) in [7, 11) is -1.10. The summed E-state index contributed by atoms with van der Waals surface area (Å²) in [4.78, 5) is 13.1. The van der Waals surface area contributed by atoms with Crippen LogP contribution in [0.15, 0.2) is 47.1 Å². The molecule has 2 unspecified atom stereocenters. The number of benzene rings is 1. The third-order valence-electron chi connectivity index (χ3n) is 5.98. The first-order valence-electron chi connectivity index (χ1n) is 11.2. The molecule has 6 heteroatoms. The van der Waals surface area contributed by atoms with Gasteiger partial charge in [0.1, 0.15) is 11.0 Å². The lowest BCUT2D eigenvalue weighted by Gasteiger charge is -2.27. The number of rotatable bonds is 10. The van der Waals surface area contributed by atoms with Crippen LogP contribution in [-0.4, -0.2) is 34.5 Å². The van der Waals surface area contributed by atoms with Gasteiger partial charge in [-0.3, -0.25) is 9.80 Å². The number of hydrogen-bond acceptors (Lipinski definition) is 3. The van der Waals surface area contributed by atoms with Crippen LogP contribution in [-0.2, 0) is 15.8 Å². The van der Waals surface area contributed by atoms with Gasteiger partial charge in [0.25, 0.3) is 5.91 Å². The quantitative estimate of drug-likeness (QED) is 0.291. The highest BCUT2D eigenvalue weighted by atomic mass is 32.2. The molecule has 1 fully saturated rings. The highest BCUT2D eigenvalue weighted by molar-refractivity contribution is 7.85. The predicted octanol–water partition coefficient (Wildman–Crippen LogP) is 5.32. The average Bonchev–Trinajstić information content (AvgIpc) is 3.23. The Hall–Kier alpha value is -1.92. The van der Waals surface area contributed by atoms with Gasteiger partial charge in [0.15, 0.2) is 0 Å². The minimum absolute atomic E-state index is 0.0509. The third kappa shape index (κ3) is 8.26. The van der Waals surface area contributed by atoms with Crippen molar-refractivity contribution >= 4 is 22.6 Å². The van der Waals surface area contributed by atoms with Gasteiger partial charge < -0.3 is 4.72 Å². The second-order valence-electron chi connectivity index (χ2n) is 9.01. The van der Waals surface area contributed by atoms with Gasteiger partial charge in [-0.1, -0.05) is 49.1 Å². The Morgan fingerprint density at radius 1 is 1.23 bits per heavy atom. The van der Waals surface area contributed by atoms with Gasteiger partial charge in [-0.15, -0.1) is 0 Å². The first-order valence-corrected chi connectivity index (χ1v) is 12.8. The zero-order valence-electron chi connectivity index (χ0n) is 20.0. The second kappa shape index (κ2) is 12.2. The van der Waals surface area contributed by atoms with Crippen molar-refractivity contribution in [3.63, 3.8) is 0 Å². The minimum atomic E-state index is -1.10. The lowest BCUT2D eigenvalue weighted by molar-refractivity contribution is -0.129. The summed E-state index contributed by atoms with van der Waals surface area (Å²) in [5.41, 5.74) is 8.42. The van der Waals surface area contributed by atoms with Crippen molar-refractivity contribution < 1.29 is 9.00 Å². The Balaban J connectivity index is 2.12. The van der Waals surface area contributed by atoms with Crippen molar-refractivity contribution in [2.75, 3.05) is 24.1 Å². The van der Waals surface area contributed by atoms with Crippen molar-refractivity contribution in [3.05, 3.63) is 52.6 Å². The summed E-state index contributed by atoms with van der Waals surface area (Å²) in [6.45, 7) is 11.5. The molecule has 1 saturated carbocycles. The van der Waals surface area contributed by atoms with E-state index >= 15 is 0 Å². The standard InChI is InChI=1S/C25H39N3O2S/c1-18(2)21(5)25(29)28(26-16-22-10-7-8-11-22)17-19(3)14-20(4)23-12-9-13-24(15-23)27-31(6)30/h9,12-15,20,22,26-27H,7-8,10-11,16-17H2,1-6H3/b19-14+. The zero-order chi connectivity index (χ0) is 23.0. The lowest BCUT2D eigenvalue weighted by atomic mass is 9.98. The molecule has 0 spiro atoms. The van der Waals surface area contributed by atoms with E-state index in [0.29, 0.717) is 12.5 Å². The molecule has 0 aromatic heterocycles. The Bertz CT molecular complexity index is 837. The van der Waals surface area contributed by atoms with Crippen LogP contribution < -0.4 is 10.1 Å². The monoisotopic (exact) mass is 445 g/mol. The van der Waals surface area contributed by atoms with Crippen molar-refractivity contribution in [1.29, 1.82) is 0 Å². The molecule has 1 aliphatic carbocycles. The SMILES string of the molecule is CC(C)=C(C)C(=O)N(C/C(C)=C/C(C)c1cccc(NS(C)=O)c1)NCC1CCCC1. The highest BCUT2D eigenvalue weighted by Gasteiger charge is 2.20. The van der Waals surface area contributed by atoms with Gasteiger partial charge in [-0.25, -0.2) is 9.63 Å². The number of hydrazine groups is 1. The van der Waals surface area contributed by atoms with Crippen LogP contribution >= 0.6 is 0 Å². The molecular weight excluding hydrogens is 406 g/mol. The van der Waals surface area contributed by atoms with Crippen molar-refractivity contribution in [2.24, 2.45) is 5.92 Å². The van der Waals surface area contributed by atoms with Crippen LogP contribution in [0.4, 0.5) is 5.69 Å². The van der Waals surface area contributed by atoms with E-state index in [9.17, 15) is 9.00 Å². The van der Waals surface area contributed by atoms with E-state index < -0.39 is 11.0 Å². The fourth-order valence-electron chi connectivity index (χ4n) is 3.95. The van der Waals surface area contributed by atoms with Crippen molar-refractivity contribution in [3.8, 4) is 0 Å². The first-order chi connectivity index (χ1) is 14.7. The second-order valence-corrected chi connectivity index (χ2v) is 10.1. The van der Waals surface area contributed by atoms with Crippen LogP contribution in [0.3, 0.4) is 0 Å². The molecule has 0 heterocycles. The summed E-state index contributed by atoms with van der Waals surface area (Å²) in [6, 6.07) is 8.00. The van der Waals surface area contributed by atoms with Crippen molar-refractivity contribution in [1.82, 2.24) is 10.4 Å². The predicted molar refractivity (Wildman–Crippen MR) is 132 cm³/mol. The maximum absolute atomic E-state index is 13.1. The molecule has 0 radical (unpaired) electrons. The largest absolute Gasteiger partial charge is 0.305 e. The molecule has 1 aliphatic rings. The normalized spacial score (nSPS) is 16.6. The number of allylic oxidation sites excluding steroid dienone is 2. The summed E-state index contributed by atoms with van der Waals surface area (Å²) < 4.78 is 14.4. The van der Waals surface area contributed by atoms with E-state index in [4.69, 9.17) is 0 Å². The Kier molecular flexibility index (Phi) is 9.97. The Morgan fingerprint density at radius 2 is 1.90 bits per heavy atom. The molecule has 0 bridgehead atoms. The number of nitrogens with zero attached hydrogens (tertiary/aromatic N) is 1. The maximum atomic E-state index is 13.1. The number of anilines is 1. The molecule has 0 saturated heterocycles. The Labute approximate surface area is 190 Å². The van der Waals surface area contributed by atoms with E-state index in [-0.39, 0.29) is 11.8 Å². The number of hydrogen-bond donors (Lipinski definition) is 2. The molecule has 0 aliphatic heterocycles. The molecule has 2 rings (SSSR count). The topological polar surface area (TPSA) is 61.4 Å². The number of amides is 1. The van der Waals surface area contributed by atoms with E-state index in [1.54, 1.807) is 11.3 Å². The van der Waals surface area contributed by atoms with Gasteiger partial charge >= 0.3 is 0 Å². The van der Waals surface area contributed by atoms with E-state index in [1.807, 2.05) is 39.0 Å². The summed E-state index contributed by atoms with van der Waals surface area (Å²) >= 11 is 0. The van der Waals surface area contributed by atoms with E-state index in [1.165, 1.54) is 25.7 Å². The lowest BCUT2D eigenvalue weighted by Crippen LogP contribution is -2.46. The van der Waals surface area contributed by atoms with Crippen LogP contribution in [0.25, 0.3) is 0 Å². The third-order valence-corrected chi connectivity index (χ3v) is 6.50. The minimum Gasteiger partial charge on any atom is -0.305 e. The van der Waals surface area contributed by atoms with Gasteiger partial charge in [-0.2, -0.15) is 0 Å². The van der Waals surface area contributed by atoms with Gasteiger partial charge in [0, 0.05) is 24.1 Å². The van der Waals surface area contributed by atoms with Crippen LogP contribution in [0.5, 0.6) is 0 Å². The maximum Gasteiger partial charge on any atom is 0.263 e. The highest BCUT2D eigenvalue weighted by Crippen LogP contribution is 2.25. The van der Waals surface area contributed by atoms with Gasteiger partial charge in [0.05, 0.1) is 6.54 Å². The van der Waals surface area contributed by atoms with E-state index in [0.717, 1.165) is 34.5 Å².